The number of halogens is 1. The Bertz CT molecular complexity index is 733. The monoisotopic (exact) mass is 363 g/mol. The average Bonchev–Trinajstić information content (AvgIpc) is 2.82. The Labute approximate surface area is 152 Å². The van der Waals surface area contributed by atoms with E-state index < -0.39 is 0 Å². The summed E-state index contributed by atoms with van der Waals surface area (Å²) in [4.78, 5) is 13.8. The summed E-state index contributed by atoms with van der Waals surface area (Å²) in [5.74, 6) is 0.351. The quantitative estimate of drug-likeness (QED) is 0.600. The van der Waals surface area contributed by atoms with Crippen LogP contribution in [0, 0.1) is 19.8 Å². The molecule has 0 radical (unpaired) electrons. The van der Waals surface area contributed by atoms with Gasteiger partial charge in [0.2, 0.25) is 0 Å². The SMILES string of the molecule is Cc1nn(C)c(C)c1SN1CCC(C(=O)c2ccc(Cl)cc2)CC1. The standard InChI is InChI=1S/C18H22ClN3OS/c1-12-18(13(2)21(3)20-12)24-22-10-8-15(9-11-22)17(23)14-4-6-16(19)7-5-14/h4-7,15H,8-11H2,1-3H3. The molecule has 24 heavy (non-hydrogen) atoms. The molecule has 1 aliphatic rings. The summed E-state index contributed by atoms with van der Waals surface area (Å²) in [5, 5.41) is 5.14. The van der Waals surface area contributed by atoms with E-state index in [9.17, 15) is 4.79 Å². The predicted octanol–water partition coefficient (Wildman–Crippen LogP) is 4.29. The first kappa shape index (κ1) is 17.5. The van der Waals surface area contributed by atoms with E-state index >= 15 is 0 Å². The van der Waals surface area contributed by atoms with Crippen molar-refractivity contribution in [1.82, 2.24) is 14.1 Å². The van der Waals surface area contributed by atoms with Crippen LogP contribution in [-0.2, 0) is 7.05 Å². The van der Waals surface area contributed by atoms with Crippen LogP contribution in [0.4, 0.5) is 0 Å². The molecule has 1 aliphatic heterocycles. The first-order valence-electron chi connectivity index (χ1n) is 8.18. The maximum Gasteiger partial charge on any atom is 0.166 e. The molecule has 6 heteroatoms. The molecule has 4 nitrogen and oxygen atoms in total. The summed E-state index contributed by atoms with van der Waals surface area (Å²) in [6, 6.07) is 7.23. The predicted molar refractivity (Wildman–Crippen MR) is 98.6 cm³/mol. The van der Waals surface area contributed by atoms with Crippen molar-refractivity contribution in [2.45, 2.75) is 31.6 Å². The lowest BCUT2D eigenvalue weighted by Gasteiger charge is -2.30. The number of rotatable bonds is 4. The molecule has 0 aliphatic carbocycles. The number of piperidine rings is 1. The van der Waals surface area contributed by atoms with E-state index in [-0.39, 0.29) is 11.7 Å². The third kappa shape index (κ3) is 3.68. The minimum Gasteiger partial charge on any atom is -0.294 e. The highest BCUT2D eigenvalue weighted by molar-refractivity contribution is 7.97. The molecule has 0 bridgehead atoms. The highest BCUT2D eigenvalue weighted by Gasteiger charge is 2.27. The van der Waals surface area contributed by atoms with Gasteiger partial charge in [-0.2, -0.15) is 5.10 Å². The van der Waals surface area contributed by atoms with Crippen LogP contribution in [0.1, 0.15) is 34.6 Å². The van der Waals surface area contributed by atoms with Gasteiger partial charge in [0.25, 0.3) is 0 Å². The Hall–Kier alpha value is -1.30. The molecular formula is C18H22ClN3OS. The fourth-order valence-corrected chi connectivity index (χ4v) is 4.29. The van der Waals surface area contributed by atoms with E-state index in [1.54, 1.807) is 24.1 Å². The van der Waals surface area contributed by atoms with Gasteiger partial charge in [-0.3, -0.25) is 9.48 Å². The van der Waals surface area contributed by atoms with Crippen LogP contribution in [0.5, 0.6) is 0 Å². The number of hydrogen-bond donors (Lipinski definition) is 0. The molecule has 1 aromatic carbocycles. The van der Waals surface area contributed by atoms with Crippen LogP contribution in [0.25, 0.3) is 0 Å². The van der Waals surface area contributed by atoms with Crippen LogP contribution in [0.15, 0.2) is 29.2 Å². The molecule has 0 amide bonds. The van der Waals surface area contributed by atoms with Crippen molar-refractivity contribution in [3.05, 3.63) is 46.2 Å². The zero-order chi connectivity index (χ0) is 17.3. The van der Waals surface area contributed by atoms with Crippen LogP contribution < -0.4 is 0 Å². The number of benzene rings is 1. The normalized spacial score (nSPS) is 16.5. The number of Topliss-reactive ketones (excluding diaryl/α,β-unsaturated/α-hetero) is 1. The van der Waals surface area contributed by atoms with Gasteiger partial charge in [-0.15, -0.1) is 0 Å². The van der Waals surface area contributed by atoms with Crippen molar-refractivity contribution in [1.29, 1.82) is 0 Å². The van der Waals surface area contributed by atoms with Gasteiger partial charge in [0.1, 0.15) is 0 Å². The second-order valence-electron chi connectivity index (χ2n) is 6.29. The number of carbonyl (C=O) groups excluding carboxylic acids is 1. The highest BCUT2D eigenvalue weighted by atomic mass is 35.5. The third-order valence-corrected chi connectivity index (χ3v) is 6.27. The minimum absolute atomic E-state index is 0.110. The van der Waals surface area contributed by atoms with E-state index in [0.717, 1.165) is 37.2 Å². The molecule has 0 saturated carbocycles. The Morgan fingerprint density at radius 3 is 2.38 bits per heavy atom. The van der Waals surface area contributed by atoms with Crippen molar-refractivity contribution in [2.75, 3.05) is 13.1 Å². The number of aromatic nitrogens is 2. The molecule has 2 aromatic rings. The molecular weight excluding hydrogens is 342 g/mol. The van der Waals surface area contributed by atoms with E-state index in [1.165, 1.54) is 10.6 Å². The lowest BCUT2D eigenvalue weighted by Crippen LogP contribution is -2.32. The Morgan fingerprint density at radius 2 is 1.83 bits per heavy atom. The molecule has 128 valence electrons. The zero-order valence-corrected chi connectivity index (χ0v) is 15.8. The Morgan fingerprint density at radius 1 is 1.21 bits per heavy atom. The summed E-state index contributed by atoms with van der Waals surface area (Å²) in [6.45, 7) is 5.98. The summed E-state index contributed by atoms with van der Waals surface area (Å²) < 4.78 is 4.27. The van der Waals surface area contributed by atoms with Gasteiger partial charge in [0, 0.05) is 36.6 Å². The molecule has 0 N–H and O–H groups in total. The van der Waals surface area contributed by atoms with Crippen LogP contribution in [0.3, 0.4) is 0 Å². The van der Waals surface area contributed by atoms with Crippen molar-refractivity contribution in [3.8, 4) is 0 Å². The average molecular weight is 364 g/mol. The summed E-state index contributed by atoms with van der Waals surface area (Å²) in [5.41, 5.74) is 3.03. The number of ketones is 1. The zero-order valence-electron chi connectivity index (χ0n) is 14.3. The van der Waals surface area contributed by atoms with Crippen molar-refractivity contribution in [3.63, 3.8) is 0 Å². The lowest BCUT2D eigenvalue weighted by molar-refractivity contribution is 0.0878. The molecule has 2 heterocycles. The molecule has 1 aromatic heterocycles. The van der Waals surface area contributed by atoms with Crippen molar-refractivity contribution < 1.29 is 4.79 Å². The number of carbonyl (C=O) groups is 1. The van der Waals surface area contributed by atoms with E-state index in [0.29, 0.717) is 5.02 Å². The second kappa shape index (κ2) is 7.30. The fraction of sp³-hybridized carbons (Fsp3) is 0.444. The van der Waals surface area contributed by atoms with E-state index in [2.05, 4.69) is 16.3 Å². The summed E-state index contributed by atoms with van der Waals surface area (Å²) in [7, 11) is 1.98. The molecule has 0 spiro atoms. The van der Waals surface area contributed by atoms with Gasteiger partial charge in [0.05, 0.1) is 16.3 Å². The van der Waals surface area contributed by atoms with Crippen molar-refractivity contribution in [2.24, 2.45) is 13.0 Å². The minimum atomic E-state index is 0.110. The largest absolute Gasteiger partial charge is 0.294 e. The number of hydrogen-bond acceptors (Lipinski definition) is 4. The topological polar surface area (TPSA) is 38.1 Å². The number of aryl methyl sites for hydroxylation is 2. The van der Waals surface area contributed by atoms with Gasteiger partial charge >= 0.3 is 0 Å². The summed E-state index contributed by atoms with van der Waals surface area (Å²) >= 11 is 7.67. The lowest BCUT2D eigenvalue weighted by atomic mass is 9.90. The smallest absolute Gasteiger partial charge is 0.166 e. The number of nitrogens with zero attached hydrogens (tertiary/aromatic N) is 3. The first-order chi connectivity index (χ1) is 11.5. The van der Waals surface area contributed by atoms with Gasteiger partial charge in [-0.1, -0.05) is 11.6 Å². The van der Waals surface area contributed by atoms with Crippen LogP contribution >= 0.6 is 23.5 Å². The van der Waals surface area contributed by atoms with Gasteiger partial charge in [-0.25, -0.2) is 4.31 Å². The maximum atomic E-state index is 12.6. The van der Waals surface area contributed by atoms with Crippen LogP contribution in [0.2, 0.25) is 5.02 Å². The Balaban J connectivity index is 1.59. The maximum absolute atomic E-state index is 12.6. The molecule has 3 rings (SSSR count). The summed E-state index contributed by atoms with van der Waals surface area (Å²) in [6.07, 6.45) is 1.79. The first-order valence-corrected chi connectivity index (χ1v) is 9.33. The molecule has 1 fully saturated rings. The van der Waals surface area contributed by atoms with Crippen LogP contribution in [-0.4, -0.2) is 33.0 Å². The fourth-order valence-electron chi connectivity index (χ4n) is 3.07. The van der Waals surface area contributed by atoms with Gasteiger partial charge in [0.15, 0.2) is 5.78 Å². The highest BCUT2D eigenvalue weighted by Crippen LogP contribution is 2.33. The molecule has 0 unspecified atom stereocenters. The van der Waals surface area contributed by atoms with E-state index in [4.69, 9.17) is 11.6 Å². The molecule has 0 atom stereocenters. The van der Waals surface area contributed by atoms with Crippen molar-refractivity contribution >= 4 is 29.3 Å². The van der Waals surface area contributed by atoms with Gasteiger partial charge < -0.3 is 0 Å². The Kier molecular flexibility index (Phi) is 5.33. The third-order valence-electron chi connectivity index (χ3n) is 4.62. The van der Waals surface area contributed by atoms with Gasteiger partial charge in [-0.05, 0) is 62.9 Å². The van der Waals surface area contributed by atoms with E-state index in [1.807, 2.05) is 30.8 Å². The second-order valence-corrected chi connectivity index (χ2v) is 7.83. The molecule has 1 saturated heterocycles.